The van der Waals surface area contributed by atoms with Crippen LogP contribution in [0.4, 0.5) is 0 Å². The van der Waals surface area contributed by atoms with Crippen LogP contribution in [0.1, 0.15) is 56.3 Å². The molecular formula is C24H28O5. The molecule has 2 aliphatic rings. The van der Waals surface area contributed by atoms with Crippen LogP contribution in [0.25, 0.3) is 0 Å². The highest BCUT2D eigenvalue weighted by Gasteiger charge is 2.35. The molecule has 0 amide bonds. The van der Waals surface area contributed by atoms with Gasteiger partial charge in [0, 0.05) is 30.4 Å². The molecule has 0 radical (unpaired) electrons. The summed E-state index contributed by atoms with van der Waals surface area (Å²) < 4.78 is 24.6. The summed E-state index contributed by atoms with van der Waals surface area (Å²) in [5.41, 5.74) is 1.99. The van der Waals surface area contributed by atoms with Crippen LogP contribution in [-0.4, -0.2) is 30.7 Å². The molecule has 2 aliphatic heterocycles. The summed E-state index contributed by atoms with van der Waals surface area (Å²) in [5, 5.41) is 0. The summed E-state index contributed by atoms with van der Waals surface area (Å²) in [6.07, 6.45) is 2.70. The van der Waals surface area contributed by atoms with Crippen LogP contribution in [0.2, 0.25) is 0 Å². The predicted octanol–water partition coefficient (Wildman–Crippen LogP) is 4.73. The molecule has 0 bridgehead atoms. The van der Waals surface area contributed by atoms with E-state index in [1.54, 1.807) is 0 Å². The second-order valence-corrected chi connectivity index (χ2v) is 7.82. The van der Waals surface area contributed by atoms with Crippen molar-refractivity contribution in [3.05, 3.63) is 71.8 Å². The first-order valence-electron chi connectivity index (χ1n) is 10.4. The first kappa shape index (κ1) is 20.2. The van der Waals surface area contributed by atoms with Crippen LogP contribution in [0.3, 0.4) is 0 Å². The molecule has 0 aliphatic carbocycles. The van der Waals surface area contributed by atoms with Crippen molar-refractivity contribution in [2.24, 2.45) is 0 Å². The van der Waals surface area contributed by atoms with E-state index in [-0.39, 0.29) is 30.7 Å². The quantitative estimate of drug-likeness (QED) is 0.661. The Hall–Kier alpha value is -2.05. The molecule has 29 heavy (non-hydrogen) atoms. The summed E-state index contributed by atoms with van der Waals surface area (Å²) in [6, 6.07) is 19.9. The Labute approximate surface area is 171 Å². The maximum absolute atomic E-state index is 11.1. The van der Waals surface area contributed by atoms with Gasteiger partial charge in [-0.2, -0.15) is 0 Å². The third-order valence-electron chi connectivity index (χ3n) is 5.45. The van der Waals surface area contributed by atoms with Crippen molar-refractivity contribution in [1.82, 2.24) is 0 Å². The van der Waals surface area contributed by atoms with Gasteiger partial charge >= 0.3 is 0 Å². The minimum absolute atomic E-state index is 0.0281. The second kappa shape index (κ2) is 9.63. The summed E-state index contributed by atoms with van der Waals surface area (Å²) in [4.78, 5) is 11.1. The number of carbonyl (C=O) groups excluding carboxylic acids is 1. The number of carbonyl (C=O) groups is 1. The van der Waals surface area contributed by atoms with E-state index in [0.29, 0.717) is 12.8 Å². The van der Waals surface area contributed by atoms with Crippen LogP contribution in [0.5, 0.6) is 0 Å². The molecule has 2 saturated heterocycles. The van der Waals surface area contributed by atoms with E-state index in [9.17, 15) is 4.79 Å². The lowest BCUT2D eigenvalue weighted by Gasteiger charge is -2.39. The molecule has 5 nitrogen and oxygen atoms in total. The van der Waals surface area contributed by atoms with E-state index in [1.165, 1.54) is 0 Å². The number of hydrogen-bond donors (Lipinski definition) is 0. The number of benzene rings is 2. The van der Waals surface area contributed by atoms with Gasteiger partial charge < -0.3 is 23.7 Å². The molecule has 0 N–H and O–H groups in total. The zero-order chi connectivity index (χ0) is 20.1. The van der Waals surface area contributed by atoms with Crippen molar-refractivity contribution in [3.8, 4) is 0 Å². The predicted molar refractivity (Wildman–Crippen MR) is 108 cm³/mol. The molecule has 2 heterocycles. The van der Waals surface area contributed by atoms with Crippen LogP contribution >= 0.6 is 0 Å². The maximum Gasteiger partial charge on any atom is 0.184 e. The van der Waals surface area contributed by atoms with Gasteiger partial charge in [0.2, 0.25) is 0 Å². The molecule has 0 spiro atoms. The minimum Gasteiger partial charge on any atom is -0.345 e. The van der Waals surface area contributed by atoms with Crippen molar-refractivity contribution in [3.63, 3.8) is 0 Å². The smallest absolute Gasteiger partial charge is 0.184 e. The molecule has 2 fully saturated rings. The van der Waals surface area contributed by atoms with E-state index in [0.717, 1.165) is 30.3 Å². The van der Waals surface area contributed by atoms with Gasteiger partial charge in [-0.1, -0.05) is 60.7 Å². The Balaban J connectivity index is 1.44. The Kier molecular flexibility index (Phi) is 6.72. The number of ether oxygens (including phenoxy) is 4. The fraction of sp³-hybridized carbons (Fsp3) is 0.458. The largest absolute Gasteiger partial charge is 0.345 e. The topological polar surface area (TPSA) is 54.0 Å². The average molecular weight is 396 g/mol. The molecule has 2 aromatic rings. The highest BCUT2D eigenvalue weighted by molar-refractivity contribution is 5.50. The highest BCUT2D eigenvalue weighted by Crippen LogP contribution is 2.36. The van der Waals surface area contributed by atoms with Gasteiger partial charge in [-0.15, -0.1) is 0 Å². The molecule has 2 aromatic carbocycles. The van der Waals surface area contributed by atoms with Crippen molar-refractivity contribution in [2.75, 3.05) is 0 Å². The minimum atomic E-state index is -0.456. The van der Waals surface area contributed by atoms with Gasteiger partial charge in [-0.05, 0) is 13.3 Å². The summed E-state index contributed by atoms with van der Waals surface area (Å²) >= 11 is 0. The van der Waals surface area contributed by atoms with Crippen molar-refractivity contribution >= 4 is 6.29 Å². The number of rotatable bonds is 6. The zero-order valence-corrected chi connectivity index (χ0v) is 16.7. The van der Waals surface area contributed by atoms with E-state index >= 15 is 0 Å². The van der Waals surface area contributed by atoms with E-state index < -0.39 is 6.29 Å². The van der Waals surface area contributed by atoms with Gasteiger partial charge in [0.05, 0.1) is 24.4 Å². The Morgan fingerprint density at radius 2 is 1.28 bits per heavy atom. The standard InChI is InChI=1S/C24H28O5/c1-17-14-21(28-23(26-17)18-8-4-2-5-9-18)16-22-15-20(12-13-25)27-24(29-22)19-10-6-3-7-11-19/h2-11,13,17,20-24H,12,14-16H2,1H3/t17-,20+,21-,22+,23-,24+/m0/s1. The van der Waals surface area contributed by atoms with Crippen LogP contribution < -0.4 is 0 Å². The first-order valence-corrected chi connectivity index (χ1v) is 10.4. The van der Waals surface area contributed by atoms with Gasteiger partial charge in [0.1, 0.15) is 6.29 Å². The van der Waals surface area contributed by atoms with Crippen molar-refractivity contribution < 1.29 is 23.7 Å². The molecule has 0 unspecified atom stereocenters. The van der Waals surface area contributed by atoms with Gasteiger partial charge in [0.25, 0.3) is 0 Å². The van der Waals surface area contributed by atoms with E-state index in [4.69, 9.17) is 18.9 Å². The SMILES string of the molecule is C[C@H]1C[C@@H](C[C@H]2C[C@@H](CC=O)O[C@@H](c3ccccc3)O2)O[C@@H](c2ccccc2)O1. The van der Waals surface area contributed by atoms with E-state index in [2.05, 4.69) is 6.92 Å². The summed E-state index contributed by atoms with van der Waals surface area (Å²) in [5.74, 6) is 0. The number of aldehydes is 1. The second-order valence-electron chi connectivity index (χ2n) is 7.82. The molecule has 5 heteroatoms. The van der Waals surface area contributed by atoms with Crippen LogP contribution in [0.15, 0.2) is 60.7 Å². The lowest BCUT2D eigenvalue weighted by molar-refractivity contribution is -0.275. The van der Waals surface area contributed by atoms with Gasteiger partial charge in [-0.25, -0.2) is 0 Å². The average Bonchev–Trinajstić information content (AvgIpc) is 2.75. The third-order valence-corrected chi connectivity index (χ3v) is 5.45. The van der Waals surface area contributed by atoms with Crippen molar-refractivity contribution in [1.29, 1.82) is 0 Å². The zero-order valence-electron chi connectivity index (χ0n) is 16.7. The molecule has 154 valence electrons. The Bertz CT molecular complexity index is 765. The normalized spacial score (nSPS) is 32.6. The fourth-order valence-electron chi connectivity index (χ4n) is 4.08. The molecule has 0 saturated carbocycles. The lowest BCUT2D eigenvalue weighted by Crippen LogP contribution is -2.39. The number of hydrogen-bond acceptors (Lipinski definition) is 5. The molecule has 0 aromatic heterocycles. The lowest BCUT2D eigenvalue weighted by atomic mass is 9.98. The first-order chi connectivity index (χ1) is 14.2. The maximum atomic E-state index is 11.1. The molecule has 4 rings (SSSR count). The molecular weight excluding hydrogens is 368 g/mol. The third kappa shape index (κ3) is 5.31. The van der Waals surface area contributed by atoms with E-state index in [1.807, 2.05) is 60.7 Å². The van der Waals surface area contributed by atoms with Gasteiger partial charge in [0.15, 0.2) is 12.6 Å². The summed E-state index contributed by atoms with van der Waals surface area (Å²) in [7, 11) is 0. The van der Waals surface area contributed by atoms with Crippen LogP contribution in [-0.2, 0) is 23.7 Å². The molecule has 6 atom stereocenters. The Morgan fingerprint density at radius 1 is 0.759 bits per heavy atom. The summed E-state index contributed by atoms with van der Waals surface area (Å²) in [6.45, 7) is 2.08. The monoisotopic (exact) mass is 396 g/mol. The van der Waals surface area contributed by atoms with Gasteiger partial charge in [-0.3, -0.25) is 0 Å². The van der Waals surface area contributed by atoms with Crippen molar-refractivity contribution in [2.45, 2.75) is 69.6 Å². The van der Waals surface area contributed by atoms with Crippen LogP contribution in [0, 0.1) is 0 Å². The highest BCUT2D eigenvalue weighted by atomic mass is 16.7. The Morgan fingerprint density at radius 3 is 1.86 bits per heavy atom. The fourth-order valence-corrected chi connectivity index (χ4v) is 4.08.